The molecule has 26 heavy (non-hydrogen) atoms. The number of ether oxygens (including phenoxy) is 2. The predicted molar refractivity (Wildman–Crippen MR) is 102 cm³/mol. The minimum Gasteiger partial charge on any atom is -0.462 e. The molecule has 0 aliphatic rings. The molecule has 0 bridgehead atoms. The van der Waals surface area contributed by atoms with Crippen molar-refractivity contribution in [2.45, 2.75) is 13.3 Å². The zero-order chi connectivity index (χ0) is 18.7. The lowest BCUT2D eigenvalue weighted by molar-refractivity contribution is -0.142. The molecule has 1 heterocycles. The lowest BCUT2D eigenvalue weighted by Crippen LogP contribution is -2.14. The van der Waals surface area contributed by atoms with Crippen molar-refractivity contribution >= 4 is 43.4 Å². The topological polar surface area (TPSA) is 69.7 Å². The Labute approximate surface area is 153 Å². The van der Waals surface area contributed by atoms with Crippen molar-refractivity contribution < 1.29 is 19.1 Å². The molecular weight excluding hydrogens is 352 g/mol. The molecule has 132 valence electrons. The van der Waals surface area contributed by atoms with Gasteiger partial charge in [-0.25, -0.2) is 4.79 Å². The van der Waals surface area contributed by atoms with E-state index in [9.17, 15) is 14.4 Å². The number of carbonyl (C=O) groups excluding carboxylic acids is 2. The van der Waals surface area contributed by atoms with E-state index in [0.29, 0.717) is 21.2 Å². The Morgan fingerprint density at radius 1 is 1.08 bits per heavy atom. The summed E-state index contributed by atoms with van der Waals surface area (Å²) in [4.78, 5) is 36.0. The van der Waals surface area contributed by atoms with Gasteiger partial charge < -0.3 is 9.47 Å². The van der Waals surface area contributed by atoms with E-state index in [4.69, 9.17) is 9.47 Å². The van der Waals surface area contributed by atoms with Crippen LogP contribution in [0.4, 0.5) is 0 Å². The summed E-state index contributed by atoms with van der Waals surface area (Å²) in [6.07, 6.45) is -0.0854. The number of carbonyl (C=O) groups is 2. The monoisotopic (exact) mass is 368 g/mol. The SMILES string of the molecule is C=C(C)C(=O)OCCC(=O)Oc1cccc2c(=O)c3ccccc3sc12. The highest BCUT2D eigenvalue weighted by molar-refractivity contribution is 7.24. The van der Waals surface area contributed by atoms with Crippen molar-refractivity contribution in [1.82, 2.24) is 0 Å². The quantitative estimate of drug-likeness (QED) is 0.296. The number of rotatable bonds is 5. The van der Waals surface area contributed by atoms with E-state index in [2.05, 4.69) is 6.58 Å². The van der Waals surface area contributed by atoms with Gasteiger partial charge in [0.25, 0.3) is 0 Å². The summed E-state index contributed by atoms with van der Waals surface area (Å²) in [7, 11) is 0. The Morgan fingerprint density at radius 3 is 2.58 bits per heavy atom. The van der Waals surface area contributed by atoms with Crippen LogP contribution in [0.1, 0.15) is 13.3 Å². The molecule has 3 aromatic rings. The number of esters is 2. The Hall–Kier alpha value is -2.99. The van der Waals surface area contributed by atoms with Gasteiger partial charge in [-0.2, -0.15) is 0 Å². The highest BCUT2D eigenvalue weighted by Crippen LogP contribution is 2.32. The van der Waals surface area contributed by atoms with Gasteiger partial charge in [-0.1, -0.05) is 24.8 Å². The molecule has 0 saturated carbocycles. The lowest BCUT2D eigenvalue weighted by Gasteiger charge is -2.08. The smallest absolute Gasteiger partial charge is 0.333 e. The molecule has 0 aliphatic heterocycles. The molecule has 2 aromatic carbocycles. The first-order chi connectivity index (χ1) is 12.5. The highest BCUT2D eigenvalue weighted by atomic mass is 32.1. The normalized spacial score (nSPS) is 10.7. The van der Waals surface area contributed by atoms with Crippen LogP contribution in [0.3, 0.4) is 0 Å². The van der Waals surface area contributed by atoms with Gasteiger partial charge in [0, 0.05) is 21.0 Å². The molecular formula is C20H16O5S. The van der Waals surface area contributed by atoms with Gasteiger partial charge in [0.2, 0.25) is 0 Å². The zero-order valence-electron chi connectivity index (χ0n) is 14.1. The molecule has 0 saturated heterocycles. The molecule has 0 spiro atoms. The van der Waals surface area contributed by atoms with Crippen LogP contribution in [0.2, 0.25) is 0 Å². The molecule has 5 nitrogen and oxygen atoms in total. The molecule has 1 aromatic heterocycles. The average molecular weight is 368 g/mol. The second-order valence-electron chi connectivity index (χ2n) is 5.70. The van der Waals surface area contributed by atoms with Gasteiger partial charge in [0.05, 0.1) is 11.1 Å². The summed E-state index contributed by atoms with van der Waals surface area (Å²) in [6, 6.07) is 12.3. The Kier molecular flexibility index (Phi) is 5.14. The number of benzene rings is 2. The Bertz CT molecular complexity index is 1080. The van der Waals surface area contributed by atoms with E-state index in [0.717, 1.165) is 4.70 Å². The summed E-state index contributed by atoms with van der Waals surface area (Å²) < 4.78 is 11.7. The second kappa shape index (κ2) is 7.49. The summed E-state index contributed by atoms with van der Waals surface area (Å²) in [5.74, 6) is -0.765. The molecule has 0 N–H and O–H groups in total. The minimum atomic E-state index is -0.548. The maximum Gasteiger partial charge on any atom is 0.333 e. The largest absolute Gasteiger partial charge is 0.462 e. The van der Waals surface area contributed by atoms with Crippen LogP contribution < -0.4 is 10.2 Å². The summed E-state index contributed by atoms with van der Waals surface area (Å²) >= 11 is 1.39. The van der Waals surface area contributed by atoms with Crippen molar-refractivity contribution in [3.05, 3.63) is 64.8 Å². The Morgan fingerprint density at radius 2 is 1.81 bits per heavy atom. The molecule has 0 radical (unpaired) electrons. The number of hydrogen-bond donors (Lipinski definition) is 0. The van der Waals surface area contributed by atoms with Gasteiger partial charge in [-0.05, 0) is 31.2 Å². The fourth-order valence-electron chi connectivity index (χ4n) is 2.40. The van der Waals surface area contributed by atoms with Gasteiger partial charge in [0.15, 0.2) is 5.43 Å². The van der Waals surface area contributed by atoms with Crippen LogP contribution in [-0.4, -0.2) is 18.5 Å². The average Bonchev–Trinajstić information content (AvgIpc) is 2.62. The zero-order valence-corrected chi connectivity index (χ0v) is 14.9. The summed E-state index contributed by atoms with van der Waals surface area (Å²) in [5.41, 5.74) is 0.173. The van der Waals surface area contributed by atoms with Gasteiger partial charge in [-0.3, -0.25) is 9.59 Å². The lowest BCUT2D eigenvalue weighted by atomic mass is 10.2. The number of hydrogen-bond acceptors (Lipinski definition) is 6. The van der Waals surface area contributed by atoms with E-state index < -0.39 is 11.9 Å². The molecule has 3 rings (SSSR count). The first kappa shape index (κ1) is 17.8. The van der Waals surface area contributed by atoms with Gasteiger partial charge in [-0.15, -0.1) is 11.3 Å². The van der Waals surface area contributed by atoms with Crippen LogP contribution in [0, 0.1) is 0 Å². The fraction of sp³-hybridized carbons (Fsp3) is 0.150. The maximum absolute atomic E-state index is 12.6. The molecule has 0 atom stereocenters. The first-order valence-corrected chi connectivity index (χ1v) is 8.77. The van der Waals surface area contributed by atoms with Crippen LogP contribution >= 0.6 is 11.3 Å². The first-order valence-electron chi connectivity index (χ1n) is 7.95. The summed E-state index contributed by atoms with van der Waals surface area (Å²) in [5, 5.41) is 1.15. The van der Waals surface area contributed by atoms with Crippen LogP contribution in [0.15, 0.2) is 59.4 Å². The van der Waals surface area contributed by atoms with E-state index in [-0.39, 0.29) is 24.0 Å². The van der Waals surface area contributed by atoms with Crippen molar-refractivity contribution in [3.8, 4) is 5.75 Å². The third-order valence-corrected chi connectivity index (χ3v) is 4.88. The molecule has 6 heteroatoms. The molecule has 0 fully saturated rings. The second-order valence-corrected chi connectivity index (χ2v) is 6.75. The molecule has 0 amide bonds. The number of fused-ring (bicyclic) bond motifs is 2. The third-order valence-electron chi connectivity index (χ3n) is 3.68. The Balaban J connectivity index is 1.84. The summed E-state index contributed by atoms with van der Waals surface area (Å²) in [6.45, 7) is 4.91. The van der Waals surface area contributed by atoms with E-state index in [1.54, 1.807) is 24.3 Å². The van der Waals surface area contributed by atoms with E-state index in [1.165, 1.54) is 18.3 Å². The van der Waals surface area contributed by atoms with Crippen molar-refractivity contribution in [2.75, 3.05) is 6.61 Å². The van der Waals surface area contributed by atoms with Crippen molar-refractivity contribution in [2.24, 2.45) is 0 Å². The highest BCUT2D eigenvalue weighted by Gasteiger charge is 2.13. The van der Waals surface area contributed by atoms with Crippen LogP contribution in [-0.2, 0) is 14.3 Å². The predicted octanol–water partition coefficient (Wildman–Crippen LogP) is 3.83. The maximum atomic E-state index is 12.6. The van der Waals surface area contributed by atoms with Crippen molar-refractivity contribution in [3.63, 3.8) is 0 Å². The minimum absolute atomic E-state index is 0.0854. The van der Waals surface area contributed by atoms with E-state index >= 15 is 0 Å². The fourth-order valence-corrected chi connectivity index (χ4v) is 3.52. The van der Waals surface area contributed by atoms with Gasteiger partial charge in [0.1, 0.15) is 12.4 Å². The van der Waals surface area contributed by atoms with Crippen LogP contribution in [0.5, 0.6) is 5.75 Å². The van der Waals surface area contributed by atoms with Crippen molar-refractivity contribution in [1.29, 1.82) is 0 Å². The third kappa shape index (κ3) is 3.65. The van der Waals surface area contributed by atoms with E-state index in [1.807, 2.05) is 18.2 Å². The standard InChI is InChI=1S/C20H16O5S/c1-12(2)20(23)24-11-10-17(21)25-15-8-5-7-14-18(22)13-6-3-4-9-16(13)26-19(14)15/h3-9H,1,10-11H2,2H3. The van der Waals surface area contributed by atoms with Gasteiger partial charge >= 0.3 is 11.9 Å². The molecule has 0 aliphatic carbocycles. The molecule has 0 unspecified atom stereocenters. The van der Waals surface area contributed by atoms with Crippen LogP contribution in [0.25, 0.3) is 20.2 Å².